The highest BCUT2D eigenvalue weighted by Crippen LogP contribution is 2.30. The molecule has 1 aliphatic rings. The lowest BCUT2D eigenvalue weighted by molar-refractivity contribution is -0.184. The highest BCUT2D eigenvalue weighted by molar-refractivity contribution is 5.77. The number of hydrogen-bond acceptors (Lipinski definition) is 4. The number of aromatic nitrogens is 2. The second-order valence-electron chi connectivity index (χ2n) is 4.91. The van der Waals surface area contributed by atoms with Crippen molar-refractivity contribution < 1.29 is 27.5 Å². The zero-order valence-corrected chi connectivity index (χ0v) is 11.7. The van der Waals surface area contributed by atoms with E-state index in [1.165, 1.54) is 4.68 Å². The average molecular weight is 322 g/mol. The summed E-state index contributed by atoms with van der Waals surface area (Å²) in [5, 5.41) is 13.9. The Hall–Kier alpha value is -2.10. The predicted octanol–water partition coefficient (Wildman–Crippen LogP) is 0.949. The summed E-state index contributed by atoms with van der Waals surface area (Å²) in [6, 6.07) is 1.66. The molecule has 0 saturated carbocycles. The van der Waals surface area contributed by atoms with Gasteiger partial charge in [0.25, 0.3) is 18.8 Å². The molecule has 2 heterocycles. The Kier molecular flexibility index (Phi) is 4.14. The van der Waals surface area contributed by atoms with Gasteiger partial charge in [0.2, 0.25) is 5.72 Å². The maximum Gasteiger partial charge on any atom is 0.291 e. The third-order valence-electron chi connectivity index (χ3n) is 3.16. The Balaban J connectivity index is 2.23. The van der Waals surface area contributed by atoms with Crippen molar-refractivity contribution in [3.63, 3.8) is 0 Å². The van der Waals surface area contributed by atoms with Crippen LogP contribution in [0.5, 0.6) is 0 Å². The molecule has 1 amide bonds. The molecule has 1 aromatic rings. The second-order valence-corrected chi connectivity index (χ2v) is 4.91. The normalized spacial score (nSPS) is 21.5. The number of aliphatic hydroxyl groups is 1. The minimum atomic E-state index is -3.46. The Morgan fingerprint density at radius 1 is 1.41 bits per heavy atom. The molecule has 0 fully saturated rings. The van der Waals surface area contributed by atoms with Crippen LogP contribution in [-0.4, -0.2) is 44.4 Å². The fourth-order valence-electron chi connectivity index (χ4n) is 2.11. The highest BCUT2D eigenvalue weighted by Gasteiger charge is 2.50. The lowest BCUT2D eigenvalue weighted by Gasteiger charge is -2.31. The average Bonchev–Trinajstić information content (AvgIpc) is 2.91. The van der Waals surface area contributed by atoms with E-state index >= 15 is 0 Å². The number of carbonyl (C=O) groups excluding carboxylic acids is 1. The fraction of sp³-hybridized carbons (Fsp3) is 0.500. The maximum atomic E-state index is 13.0. The van der Waals surface area contributed by atoms with Crippen molar-refractivity contribution >= 4 is 5.91 Å². The first kappa shape index (κ1) is 16.3. The first-order chi connectivity index (χ1) is 10.1. The SMILES string of the molecule is Cc1cc(C)n(CC(=O)N2NC(C(F)F)=CC2(O)C(F)F)n1. The van der Waals surface area contributed by atoms with E-state index in [4.69, 9.17) is 0 Å². The molecule has 1 atom stereocenters. The molecule has 0 aromatic carbocycles. The van der Waals surface area contributed by atoms with Crippen LogP contribution in [0, 0.1) is 13.8 Å². The van der Waals surface area contributed by atoms with E-state index in [0.29, 0.717) is 11.4 Å². The second kappa shape index (κ2) is 5.59. The monoisotopic (exact) mass is 322 g/mol. The van der Waals surface area contributed by atoms with Gasteiger partial charge >= 0.3 is 0 Å². The number of alkyl halides is 4. The number of hydrogen-bond donors (Lipinski definition) is 2. The van der Waals surface area contributed by atoms with Crippen LogP contribution in [0.3, 0.4) is 0 Å². The van der Waals surface area contributed by atoms with Crippen molar-refractivity contribution in [3.8, 4) is 0 Å². The van der Waals surface area contributed by atoms with Gasteiger partial charge in [-0.15, -0.1) is 0 Å². The number of hydrazine groups is 1. The molecular weight excluding hydrogens is 308 g/mol. The minimum absolute atomic E-state index is 0.107. The van der Waals surface area contributed by atoms with Crippen LogP contribution in [0.4, 0.5) is 17.6 Å². The number of halogens is 4. The molecule has 0 saturated heterocycles. The summed E-state index contributed by atoms with van der Waals surface area (Å²) in [5.41, 5.74) is -1.05. The maximum absolute atomic E-state index is 13.0. The standard InChI is InChI=1S/C12H14F4N4O2/c1-6-3-7(2)19(17-6)5-9(21)20-12(22,11(15)16)4-8(18-20)10(13)14/h3-4,10-11,18,22H,5H2,1-2H3. The van der Waals surface area contributed by atoms with Crippen LogP contribution in [0.15, 0.2) is 17.8 Å². The van der Waals surface area contributed by atoms with E-state index in [9.17, 15) is 27.5 Å². The summed E-state index contributed by atoms with van der Waals surface area (Å²) in [4.78, 5) is 12.1. The van der Waals surface area contributed by atoms with Gasteiger partial charge in [0.05, 0.1) is 11.4 Å². The molecule has 0 aliphatic carbocycles. The van der Waals surface area contributed by atoms with Gasteiger partial charge in [-0.3, -0.25) is 14.9 Å². The smallest absolute Gasteiger partial charge is 0.291 e. The lowest BCUT2D eigenvalue weighted by Crippen LogP contribution is -2.57. The van der Waals surface area contributed by atoms with Crippen LogP contribution in [-0.2, 0) is 11.3 Å². The van der Waals surface area contributed by atoms with Gasteiger partial charge in [-0.2, -0.15) is 5.10 Å². The van der Waals surface area contributed by atoms with Crippen molar-refractivity contribution in [2.75, 3.05) is 0 Å². The quantitative estimate of drug-likeness (QED) is 0.810. The molecule has 10 heteroatoms. The van der Waals surface area contributed by atoms with Crippen molar-refractivity contribution in [2.24, 2.45) is 0 Å². The fourth-order valence-corrected chi connectivity index (χ4v) is 2.11. The van der Waals surface area contributed by atoms with Gasteiger partial charge < -0.3 is 5.11 Å². The van der Waals surface area contributed by atoms with Gasteiger partial charge in [-0.1, -0.05) is 0 Å². The van der Waals surface area contributed by atoms with Crippen LogP contribution in [0.1, 0.15) is 11.4 Å². The van der Waals surface area contributed by atoms with E-state index in [-0.39, 0.29) is 11.1 Å². The molecule has 0 radical (unpaired) electrons. The molecular formula is C12H14F4N4O2. The van der Waals surface area contributed by atoms with E-state index in [0.717, 1.165) is 0 Å². The van der Waals surface area contributed by atoms with Gasteiger partial charge in [0.1, 0.15) is 6.54 Å². The highest BCUT2D eigenvalue weighted by atomic mass is 19.3. The predicted molar refractivity (Wildman–Crippen MR) is 66.7 cm³/mol. The molecule has 0 spiro atoms. The molecule has 22 heavy (non-hydrogen) atoms. The van der Waals surface area contributed by atoms with Gasteiger partial charge in [-0.25, -0.2) is 22.6 Å². The molecule has 2 N–H and O–H groups in total. The summed E-state index contributed by atoms with van der Waals surface area (Å²) in [6.45, 7) is 2.84. The number of aryl methyl sites for hydroxylation is 2. The lowest BCUT2D eigenvalue weighted by atomic mass is 10.2. The number of allylic oxidation sites excluding steroid dienone is 1. The van der Waals surface area contributed by atoms with Crippen molar-refractivity contribution in [3.05, 3.63) is 29.2 Å². The van der Waals surface area contributed by atoms with Gasteiger partial charge in [-0.05, 0) is 19.9 Å². The molecule has 1 aromatic heterocycles. The zero-order valence-electron chi connectivity index (χ0n) is 11.7. The first-order valence-electron chi connectivity index (χ1n) is 6.27. The van der Waals surface area contributed by atoms with Gasteiger partial charge in [0, 0.05) is 11.8 Å². The van der Waals surface area contributed by atoms with E-state index in [2.05, 4.69) is 5.10 Å². The van der Waals surface area contributed by atoms with E-state index < -0.39 is 36.7 Å². The molecule has 2 rings (SSSR count). The minimum Gasteiger partial charge on any atom is -0.361 e. The summed E-state index contributed by atoms with van der Waals surface area (Å²) in [6.07, 6.45) is -6.33. The number of carbonyl (C=O) groups is 1. The third kappa shape index (κ3) is 2.78. The van der Waals surface area contributed by atoms with Crippen LogP contribution in [0.25, 0.3) is 0 Å². The Bertz CT molecular complexity index is 616. The number of rotatable bonds is 4. The Morgan fingerprint density at radius 2 is 2.05 bits per heavy atom. The van der Waals surface area contributed by atoms with Crippen LogP contribution >= 0.6 is 0 Å². The topological polar surface area (TPSA) is 70.4 Å². The molecule has 0 bridgehead atoms. The molecule has 6 nitrogen and oxygen atoms in total. The van der Waals surface area contributed by atoms with Crippen LogP contribution in [0.2, 0.25) is 0 Å². The summed E-state index contributed by atoms with van der Waals surface area (Å²) < 4.78 is 52.5. The van der Waals surface area contributed by atoms with Gasteiger partial charge in [0.15, 0.2) is 0 Å². The number of nitrogens with one attached hydrogen (secondary N) is 1. The number of nitrogens with zero attached hydrogens (tertiary/aromatic N) is 3. The van der Waals surface area contributed by atoms with Crippen molar-refractivity contribution in [1.29, 1.82) is 0 Å². The third-order valence-corrected chi connectivity index (χ3v) is 3.16. The Labute approximate surface area is 123 Å². The van der Waals surface area contributed by atoms with Crippen LogP contribution < -0.4 is 5.43 Å². The Morgan fingerprint density at radius 3 is 2.50 bits per heavy atom. The molecule has 1 aliphatic heterocycles. The van der Waals surface area contributed by atoms with Crippen molar-refractivity contribution in [1.82, 2.24) is 20.2 Å². The van der Waals surface area contributed by atoms with Crippen molar-refractivity contribution in [2.45, 2.75) is 39.0 Å². The number of amides is 1. The van der Waals surface area contributed by atoms with E-state index in [1.807, 2.05) is 5.43 Å². The largest absolute Gasteiger partial charge is 0.361 e. The summed E-state index contributed by atoms with van der Waals surface area (Å²) >= 11 is 0. The first-order valence-corrected chi connectivity index (χ1v) is 6.27. The zero-order chi connectivity index (χ0) is 16.7. The summed E-state index contributed by atoms with van der Waals surface area (Å²) in [5.74, 6) is -1.03. The molecule has 122 valence electrons. The van der Waals surface area contributed by atoms with E-state index in [1.54, 1.807) is 19.9 Å². The molecule has 1 unspecified atom stereocenters. The summed E-state index contributed by atoms with van der Waals surface area (Å²) in [7, 11) is 0.